The summed E-state index contributed by atoms with van der Waals surface area (Å²) in [7, 11) is 0. The van der Waals surface area contributed by atoms with E-state index in [9.17, 15) is 0 Å². The van der Waals surface area contributed by atoms with E-state index in [1.807, 2.05) is 0 Å². The van der Waals surface area contributed by atoms with Gasteiger partial charge >= 0.3 is 17.4 Å². The first kappa shape index (κ1) is 77200000. The Labute approximate surface area is 572 Å². The van der Waals surface area contributed by atoms with E-state index >= 15 is 0 Å². The van der Waals surface area contributed by atoms with Crippen LogP contribution in [0.4, 0.5) is 0 Å². The number of rotatable bonds is 0. The molecule has 0 unspecified atom stereocenters. The molecule has 91 heavy (non-hydrogen) atoms. The van der Waals surface area contributed by atoms with Crippen LogP contribution in [0.15, 0.2) is 0 Å². The van der Waals surface area contributed by atoms with Gasteiger partial charge in [0.2, 0.25) is 0 Å². The molecule has 0 aromatic rings. The summed E-state index contributed by atoms with van der Waals surface area (Å²) in [6.45, 7) is 0. The van der Waals surface area contributed by atoms with Crippen LogP contribution >= 0.6 is 0 Å². The molecule has 0 aliphatic carbocycles. The number of hydrogen-bond acceptors (Lipinski definition) is 81. The van der Waals surface area contributed by atoms with Crippen molar-refractivity contribution in [2.24, 2.45) is 0 Å². The smallest absolute Gasteiger partial charge is 1.00 e. The molecule has 0 spiro atoms. The first-order valence-electron chi connectivity index (χ1n) is 0. The zero-order valence-electron chi connectivity index (χ0n) is 40.2. The maximum absolute atomic E-state index is 0. The van der Waals surface area contributed by atoms with Crippen LogP contribution in [0.3, 0.4) is 0 Å². The summed E-state index contributed by atoms with van der Waals surface area (Å²) in [5.74, 6) is 0. The molecule has 0 atom stereocenters. The molecule has 0 heterocycles. The molecule has 81 nitrogen and oxygen atoms in total. The van der Waals surface area contributed by atoms with Gasteiger partial charge in [-0.15, -0.1) is 0 Å². The molecule has 0 aliphatic heterocycles. The van der Waals surface area contributed by atoms with Crippen molar-refractivity contribution in [3.63, 3.8) is 0 Å². The summed E-state index contributed by atoms with van der Waals surface area (Å²) in [5.41, 5.74) is 0. The van der Waals surface area contributed by atoms with Gasteiger partial charge in [0.25, 0.3) is 0 Å². The molecule has 0 aliphatic rings. The van der Waals surface area contributed by atoms with Crippen molar-refractivity contribution in [3.8, 4) is 0 Å². The van der Waals surface area contributed by atoms with Gasteiger partial charge in [0.1, 0.15) is 0 Å². The molecule has 720 valence electrons. The molecule has 0 fully saturated rings. The third-order valence-corrected chi connectivity index (χ3v) is 0. The summed E-state index contributed by atoms with van der Waals surface area (Å²) in [4.78, 5) is 0. The predicted octanol–water partition coefficient (Wildman–Crippen LogP) is -41.7. The zero-order valence-corrected chi connectivity index (χ0v) is 48.2. The first-order chi connectivity index (χ1) is 0. The van der Waals surface area contributed by atoms with Crippen LogP contribution in [-0.4, -0.2) is 461 Å². The molecule has 0 saturated heterocycles. The van der Waals surface area contributed by atoms with Gasteiger partial charge in [-0.25, -0.2) is 0 Å². The average Bonchev–Trinajstić information content (AvgIpc) is 0. The fourth-order valence-electron chi connectivity index (χ4n) is 0. The van der Waals surface area contributed by atoms with Crippen LogP contribution < -0.4 is 112 Å². The SMILES string of the molecule is [Al+3].[Cl-].[Cl-].[Cl-].[Cl-].[Cl-].[Cl-].[Cl-].[Cl-].[Cl-].[OH-].[OH-].[OH-].[OH-].[OH-].[OH-].[OH-].[OH-].[OH-].[OH-].[OH-].[OH-].[OH-].[OH-].[OH-].[OH-].[OH-].[OH-].[OH-].[OH-].[OH-].[OH-].[OH-].[OH-].[OH-].[OH-].[OH-].[OH-].[OH-].[OH-].[OH-].[OH-].[OH-].[OH-].[OH-].[OH-].[OH-].[OH-].[OH-].[OH-].[OH-].[OH-].[OH-].[OH-].[OH-].[OH-].[OH-].[OH-].[OH-].[OH-].[OH-].[OH-].[OH-].[OH-].[OH-].[OH-].[OH-].[OH-].[OH-].[OH-].[OH-].[OH-].[OH-].[OH-].[OH-].[OH-].[OH-].[OH-].[OH-].[OH-].[OH-].[OH-].[OH-].[OH-].[OH-].[OH-].[OH-].[OH-].[OH-].[OH-].[OH-]. The topological polar surface area (TPSA) is 2430 Å². The maximum Gasteiger partial charge on any atom is 3.00 e. The van der Waals surface area contributed by atoms with Gasteiger partial charge in [-0.1, -0.05) is 0 Å². The third kappa shape index (κ3) is 73000000. The van der Waals surface area contributed by atoms with Crippen LogP contribution in [0.1, 0.15) is 0 Å². The van der Waals surface area contributed by atoms with E-state index in [2.05, 4.69) is 0 Å². The molecule has 0 saturated carbocycles. The van der Waals surface area contributed by atoms with Crippen molar-refractivity contribution in [3.05, 3.63) is 0 Å². The Kier molecular flexibility index (Phi) is 63400000000000. The molecule has 0 rings (SSSR count). The minimum Gasteiger partial charge on any atom is -1.00 e. The Balaban J connectivity index is 0. The van der Waals surface area contributed by atoms with Gasteiger partial charge < -0.3 is 555 Å². The number of hydrogen-bond donors (Lipinski definition) is 0. The van der Waals surface area contributed by atoms with E-state index < -0.39 is 0 Å². The molecule has 81 N–H and O–H groups in total. The quantitative estimate of drug-likeness (QED) is 0.203. The van der Waals surface area contributed by atoms with Crippen molar-refractivity contribution in [2.45, 2.75) is 0 Å². The molecule has 0 amide bonds. The normalized spacial score (nSPS) is 0. The summed E-state index contributed by atoms with van der Waals surface area (Å²) < 4.78 is 0. The minimum atomic E-state index is 0. The van der Waals surface area contributed by atoms with Crippen molar-refractivity contribution in [1.29, 1.82) is 0 Å². The average molecular weight is 1720 g/mol. The Morgan fingerprint density at radius 2 is 0.0330 bits per heavy atom. The van der Waals surface area contributed by atoms with E-state index in [0.29, 0.717) is 0 Å². The second kappa shape index (κ2) is 74700000. The zero-order chi connectivity index (χ0) is 0. The van der Waals surface area contributed by atoms with Crippen LogP contribution in [0, 0.1) is 0 Å². The monoisotopic (exact) mass is 1720 g/mol. The van der Waals surface area contributed by atoms with E-state index in [0.717, 1.165) is 0 Å². The van der Waals surface area contributed by atoms with Crippen molar-refractivity contribution < 1.29 is 555 Å². The molecule has 0 aromatic heterocycles. The van der Waals surface area contributed by atoms with Gasteiger partial charge in [-0.2, -0.15) is 0 Å². The summed E-state index contributed by atoms with van der Waals surface area (Å²) in [5, 5.41) is 0. The molecule has 91 heteroatoms. The molecule has 0 bridgehead atoms. The van der Waals surface area contributed by atoms with Gasteiger partial charge in [-0.05, 0) is 0 Å². The third-order valence-electron chi connectivity index (χ3n) is 0. The van der Waals surface area contributed by atoms with Gasteiger partial charge in [0.15, 0.2) is 0 Å². The van der Waals surface area contributed by atoms with E-state index in [1.165, 1.54) is 0 Å². The minimum absolute atomic E-state index is 0. The van der Waals surface area contributed by atoms with E-state index in [-0.39, 0.29) is 573 Å². The van der Waals surface area contributed by atoms with Crippen molar-refractivity contribution >= 4 is 17.4 Å². The Bertz CT molecular complexity index is 50.2. The van der Waals surface area contributed by atoms with Gasteiger partial charge in [0.05, 0.1) is 0 Å². The second-order valence-corrected chi connectivity index (χ2v) is 0. The van der Waals surface area contributed by atoms with E-state index in [4.69, 9.17) is 0 Å². The fraction of sp³-hybridized carbons (Fsp3) is 0. The van der Waals surface area contributed by atoms with Crippen LogP contribution in [0.5, 0.6) is 0 Å². The first-order valence-corrected chi connectivity index (χ1v) is 0. The standard InChI is InChI=1S/Al.9ClH.81H2O/h;9*1H;81*1H2/q+3;;;;;;;;;;;;;;;;;;;;;;;;;;;;;;;;;;;;;;;;;;;;;;;;;;;;;;;;;;;;;;;;;;;;;;;;;;;;;;;;;;;;;;;;;;/p-90. The summed E-state index contributed by atoms with van der Waals surface area (Å²) in [6.07, 6.45) is 0. The second-order valence-electron chi connectivity index (χ2n) is 0. The predicted molar refractivity (Wildman–Crippen MR) is 163 cm³/mol. The van der Waals surface area contributed by atoms with Crippen LogP contribution in [0.2, 0.25) is 0 Å². The molecular weight excluding hydrogens is 1640 g/mol. The van der Waals surface area contributed by atoms with Crippen molar-refractivity contribution in [2.75, 3.05) is 0 Å². The molecule has 0 aromatic carbocycles. The molecular formula is H81AlCl9O81-87. The fourth-order valence-corrected chi connectivity index (χ4v) is 0. The van der Waals surface area contributed by atoms with Crippen LogP contribution in [-0.2, 0) is 0 Å². The Morgan fingerprint density at radius 1 is 0.0330 bits per heavy atom. The van der Waals surface area contributed by atoms with Gasteiger partial charge in [-0.3, -0.25) is 0 Å². The Hall–Kier alpha value is -0.0975. The Morgan fingerprint density at radius 3 is 0.0330 bits per heavy atom. The van der Waals surface area contributed by atoms with Crippen LogP contribution in [0.25, 0.3) is 0 Å². The van der Waals surface area contributed by atoms with E-state index in [1.54, 1.807) is 0 Å². The summed E-state index contributed by atoms with van der Waals surface area (Å²) >= 11 is 0. The molecule has 0 radical (unpaired) electrons. The largest absolute Gasteiger partial charge is 3.00 e. The van der Waals surface area contributed by atoms with Gasteiger partial charge in [0, 0.05) is 0 Å². The number of halogens is 9. The van der Waals surface area contributed by atoms with Crippen molar-refractivity contribution in [1.82, 2.24) is 0 Å². The summed E-state index contributed by atoms with van der Waals surface area (Å²) in [6, 6.07) is 0. The maximum atomic E-state index is 0.